The van der Waals surface area contributed by atoms with Crippen LogP contribution in [0.1, 0.15) is 44.6 Å². The van der Waals surface area contributed by atoms with Gasteiger partial charge in [0, 0.05) is 19.6 Å². The number of rotatable bonds is 7. The van der Waals surface area contributed by atoms with E-state index in [2.05, 4.69) is 24.2 Å². The molecule has 1 aliphatic rings. The van der Waals surface area contributed by atoms with Crippen molar-refractivity contribution in [2.45, 2.75) is 45.6 Å². The zero-order valence-corrected chi connectivity index (χ0v) is 13.5. The number of halogens is 1. The molecule has 1 aliphatic carbocycles. The number of nitrogens with one attached hydrogen (secondary N) is 1. The highest BCUT2D eigenvalue weighted by atomic mass is 19.1. The molecule has 0 amide bonds. The Balaban J connectivity index is 1.95. The summed E-state index contributed by atoms with van der Waals surface area (Å²) in [6.07, 6.45) is 6.70. The number of nitrogens with zero attached hydrogens (tertiary/aromatic N) is 1. The minimum Gasteiger partial charge on any atom is -0.316 e. The first kappa shape index (κ1) is 16.4. The first-order valence-electron chi connectivity index (χ1n) is 8.27. The summed E-state index contributed by atoms with van der Waals surface area (Å²) in [5, 5.41) is 3.55. The van der Waals surface area contributed by atoms with E-state index in [1.54, 1.807) is 12.1 Å². The van der Waals surface area contributed by atoms with E-state index in [0.29, 0.717) is 5.41 Å². The van der Waals surface area contributed by atoms with E-state index < -0.39 is 0 Å². The largest absolute Gasteiger partial charge is 0.316 e. The Kier molecular flexibility index (Phi) is 6.19. The van der Waals surface area contributed by atoms with Crippen LogP contribution in [0.2, 0.25) is 0 Å². The van der Waals surface area contributed by atoms with Crippen LogP contribution in [0, 0.1) is 11.2 Å². The van der Waals surface area contributed by atoms with Gasteiger partial charge in [0.2, 0.25) is 0 Å². The predicted octanol–water partition coefficient (Wildman–Crippen LogP) is 3.82. The molecule has 1 aromatic rings. The van der Waals surface area contributed by atoms with Gasteiger partial charge in [-0.3, -0.25) is 0 Å². The number of hydrogen-bond acceptors (Lipinski definition) is 2. The maximum atomic E-state index is 13.3. The Labute approximate surface area is 128 Å². The SMILES string of the molecule is CCNCC1(CN(C)Cc2cccc(F)c2)CCCCC1. The molecule has 0 atom stereocenters. The summed E-state index contributed by atoms with van der Waals surface area (Å²) in [6.45, 7) is 6.24. The van der Waals surface area contributed by atoms with Crippen LogP contribution in [-0.2, 0) is 6.54 Å². The van der Waals surface area contributed by atoms with Crippen molar-refractivity contribution in [3.8, 4) is 0 Å². The molecule has 0 heterocycles. The van der Waals surface area contributed by atoms with E-state index in [-0.39, 0.29) is 5.82 Å². The van der Waals surface area contributed by atoms with Gasteiger partial charge in [-0.1, -0.05) is 38.3 Å². The van der Waals surface area contributed by atoms with Gasteiger partial charge in [-0.05, 0) is 49.5 Å². The minimum atomic E-state index is -0.138. The van der Waals surface area contributed by atoms with Gasteiger partial charge in [0.15, 0.2) is 0 Å². The predicted molar refractivity (Wildman–Crippen MR) is 86.8 cm³/mol. The molecular weight excluding hydrogens is 263 g/mol. The fourth-order valence-electron chi connectivity index (χ4n) is 3.66. The summed E-state index contributed by atoms with van der Waals surface area (Å²) in [4.78, 5) is 2.36. The fraction of sp³-hybridized carbons (Fsp3) is 0.667. The molecule has 0 unspecified atom stereocenters. The van der Waals surface area contributed by atoms with Crippen molar-refractivity contribution in [2.24, 2.45) is 5.41 Å². The molecule has 2 rings (SSSR count). The van der Waals surface area contributed by atoms with Crippen molar-refractivity contribution in [3.05, 3.63) is 35.6 Å². The molecule has 1 saturated carbocycles. The molecule has 0 spiro atoms. The molecule has 0 aliphatic heterocycles. The summed E-state index contributed by atoms with van der Waals surface area (Å²) in [6, 6.07) is 6.97. The monoisotopic (exact) mass is 292 g/mol. The van der Waals surface area contributed by atoms with Crippen LogP contribution in [0.25, 0.3) is 0 Å². The summed E-state index contributed by atoms with van der Waals surface area (Å²) < 4.78 is 13.3. The second-order valence-electron chi connectivity index (χ2n) is 6.64. The third kappa shape index (κ3) is 5.08. The minimum absolute atomic E-state index is 0.138. The molecule has 1 fully saturated rings. The maximum Gasteiger partial charge on any atom is 0.123 e. The standard InChI is InChI=1S/C18H29FN2/c1-3-20-14-18(10-5-4-6-11-18)15-21(2)13-16-8-7-9-17(19)12-16/h7-9,12,20H,3-6,10-11,13-15H2,1-2H3. The van der Waals surface area contributed by atoms with Crippen molar-refractivity contribution in [2.75, 3.05) is 26.7 Å². The van der Waals surface area contributed by atoms with Gasteiger partial charge >= 0.3 is 0 Å². The van der Waals surface area contributed by atoms with E-state index in [1.165, 1.54) is 38.2 Å². The van der Waals surface area contributed by atoms with Crippen LogP contribution in [0.5, 0.6) is 0 Å². The molecule has 1 N–H and O–H groups in total. The van der Waals surface area contributed by atoms with Crippen molar-refractivity contribution >= 4 is 0 Å². The first-order chi connectivity index (χ1) is 10.1. The van der Waals surface area contributed by atoms with E-state index in [0.717, 1.165) is 31.7 Å². The van der Waals surface area contributed by atoms with Crippen LogP contribution in [0.3, 0.4) is 0 Å². The van der Waals surface area contributed by atoms with Gasteiger partial charge in [0.1, 0.15) is 5.82 Å². The summed E-state index contributed by atoms with van der Waals surface area (Å²) in [5.74, 6) is -0.138. The van der Waals surface area contributed by atoms with Crippen LogP contribution in [0.15, 0.2) is 24.3 Å². The van der Waals surface area contributed by atoms with Gasteiger partial charge < -0.3 is 10.2 Å². The average Bonchev–Trinajstić information content (AvgIpc) is 2.46. The second kappa shape index (κ2) is 7.90. The van der Waals surface area contributed by atoms with Crippen LogP contribution < -0.4 is 5.32 Å². The van der Waals surface area contributed by atoms with E-state index in [1.807, 2.05) is 6.07 Å². The van der Waals surface area contributed by atoms with Crippen LogP contribution >= 0.6 is 0 Å². The Morgan fingerprint density at radius 2 is 2.00 bits per heavy atom. The van der Waals surface area contributed by atoms with Crippen molar-refractivity contribution < 1.29 is 4.39 Å². The van der Waals surface area contributed by atoms with Crippen LogP contribution in [-0.4, -0.2) is 31.6 Å². The molecule has 21 heavy (non-hydrogen) atoms. The normalized spacial score (nSPS) is 18.1. The highest BCUT2D eigenvalue weighted by Crippen LogP contribution is 2.36. The van der Waals surface area contributed by atoms with Crippen molar-refractivity contribution in [3.63, 3.8) is 0 Å². The van der Waals surface area contributed by atoms with Gasteiger partial charge in [-0.2, -0.15) is 0 Å². The molecule has 0 bridgehead atoms. The maximum absolute atomic E-state index is 13.3. The smallest absolute Gasteiger partial charge is 0.123 e. The first-order valence-corrected chi connectivity index (χ1v) is 8.27. The highest BCUT2D eigenvalue weighted by molar-refractivity contribution is 5.16. The van der Waals surface area contributed by atoms with Crippen LogP contribution in [0.4, 0.5) is 4.39 Å². The molecule has 1 aromatic carbocycles. The molecule has 2 nitrogen and oxygen atoms in total. The van der Waals surface area contributed by atoms with Gasteiger partial charge in [-0.15, -0.1) is 0 Å². The average molecular weight is 292 g/mol. The van der Waals surface area contributed by atoms with E-state index in [4.69, 9.17) is 0 Å². The van der Waals surface area contributed by atoms with E-state index >= 15 is 0 Å². The Bertz CT molecular complexity index is 427. The van der Waals surface area contributed by atoms with Gasteiger partial charge in [0.25, 0.3) is 0 Å². The van der Waals surface area contributed by atoms with E-state index in [9.17, 15) is 4.39 Å². The third-order valence-electron chi connectivity index (χ3n) is 4.61. The quantitative estimate of drug-likeness (QED) is 0.822. The lowest BCUT2D eigenvalue weighted by Gasteiger charge is -2.40. The topological polar surface area (TPSA) is 15.3 Å². The highest BCUT2D eigenvalue weighted by Gasteiger charge is 2.32. The summed E-state index contributed by atoms with van der Waals surface area (Å²) >= 11 is 0. The molecule has 0 radical (unpaired) electrons. The molecule has 0 saturated heterocycles. The molecule has 3 heteroatoms. The Morgan fingerprint density at radius 3 is 2.67 bits per heavy atom. The third-order valence-corrected chi connectivity index (χ3v) is 4.61. The van der Waals surface area contributed by atoms with Gasteiger partial charge in [-0.25, -0.2) is 4.39 Å². The fourth-order valence-corrected chi connectivity index (χ4v) is 3.66. The Morgan fingerprint density at radius 1 is 1.24 bits per heavy atom. The zero-order valence-electron chi connectivity index (χ0n) is 13.5. The molecular formula is C18H29FN2. The summed E-state index contributed by atoms with van der Waals surface area (Å²) in [5.41, 5.74) is 1.46. The van der Waals surface area contributed by atoms with Gasteiger partial charge in [0.05, 0.1) is 0 Å². The second-order valence-corrected chi connectivity index (χ2v) is 6.64. The van der Waals surface area contributed by atoms with Crippen molar-refractivity contribution in [1.29, 1.82) is 0 Å². The number of hydrogen-bond donors (Lipinski definition) is 1. The number of benzene rings is 1. The lowest BCUT2D eigenvalue weighted by atomic mass is 9.73. The molecule has 118 valence electrons. The lowest BCUT2D eigenvalue weighted by Crippen LogP contribution is -2.44. The Hall–Kier alpha value is -0.930. The lowest BCUT2D eigenvalue weighted by molar-refractivity contribution is 0.114. The summed E-state index contributed by atoms with van der Waals surface area (Å²) in [7, 11) is 2.16. The van der Waals surface area contributed by atoms with Crippen molar-refractivity contribution in [1.82, 2.24) is 10.2 Å². The molecule has 0 aromatic heterocycles. The zero-order chi connectivity index (χ0) is 15.1.